The van der Waals surface area contributed by atoms with Crippen molar-refractivity contribution in [2.75, 3.05) is 6.54 Å². The van der Waals surface area contributed by atoms with Crippen LogP contribution in [0.1, 0.15) is 34.8 Å². The maximum Gasteiger partial charge on any atom is 0.126 e. The van der Waals surface area contributed by atoms with Gasteiger partial charge in [0, 0.05) is 17.8 Å². The fourth-order valence-corrected chi connectivity index (χ4v) is 2.72. The highest BCUT2D eigenvalue weighted by molar-refractivity contribution is 7.09. The molecule has 1 aromatic carbocycles. The summed E-state index contributed by atoms with van der Waals surface area (Å²) in [5.41, 5.74) is 2.73. The zero-order chi connectivity index (χ0) is 13.8. The number of rotatable bonds is 5. The van der Waals surface area contributed by atoms with E-state index in [4.69, 9.17) is 0 Å². The van der Waals surface area contributed by atoms with E-state index in [0.717, 1.165) is 29.2 Å². The first-order valence-electron chi connectivity index (χ1n) is 6.50. The van der Waals surface area contributed by atoms with Crippen LogP contribution in [0.2, 0.25) is 0 Å². The number of halogens is 1. The molecule has 0 aliphatic rings. The molecule has 102 valence electrons. The minimum atomic E-state index is -0.144. The highest BCUT2D eigenvalue weighted by atomic mass is 32.1. The van der Waals surface area contributed by atoms with Gasteiger partial charge in [0.1, 0.15) is 5.82 Å². The van der Waals surface area contributed by atoms with Crippen molar-refractivity contribution in [2.24, 2.45) is 0 Å². The summed E-state index contributed by atoms with van der Waals surface area (Å²) >= 11 is 1.65. The summed E-state index contributed by atoms with van der Waals surface area (Å²) in [6.45, 7) is 6.69. The second-order valence-corrected chi connectivity index (χ2v) is 5.74. The Balaban J connectivity index is 2.21. The Morgan fingerprint density at radius 1 is 1.37 bits per heavy atom. The third kappa shape index (κ3) is 3.61. The molecule has 2 nitrogen and oxygen atoms in total. The Morgan fingerprint density at radius 3 is 2.74 bits per heavy atom. The maximum atomic E-state index is 13.7. The minimum Gasteiger partial charge on any atom is -0.310 e. The monoisotopic (exact) mass is 278 g/mol. The first-order valence-corrected chi connectivity index (χ1v) is 7.38. The zero-order valence-corrected chi connectivity index (χ0v) is 12.4. The molecule has 0 saturated heterocycles. The van der Waals surface area contributed by atoms with Crippen LogP contribution in [0.5, 0.6) is 0 Å². The number of aryl methyl sites for hydroxylation is 2. The number of likely N-dealkylation sites (N-methyl/N-ethyl adjacent to an activating group) is 1. The van der Waals surface area contributed by atoms with Crippen molar-refractivity contribution < 1.29 is 4.39 Å². The van der Waals surface area contributed by atoms with Gasteiger partial charge in [-0.15, -0.1) is 11.3 Å². The second-order valence-electron chi connectivity index (χ2n) is 4.68. The number of benzene rings is 1. The van der Waals surface area contributed by atoms with Crippen LogP contribution >= 0.6 is 11.3 Å². The van der Waals surface area contributed by atoms with E-state index in [-0.39, 0.29) is 11.9 Å². The quantitative estimate of drug-likeness (QED) is 0.900. The molecule has 0 amide bonds. The SMILES string of the molecule is CCNC(Cc1csc(C)n1)c1ccc(C)c(F)c1. The molecule has 0 saturated carbocycles. The standard InChI is InChI=1S/C15H19FN2S/c1-4-17-15(8-13-9-19-11(3)18-13)12-6-5-10(2)14(16)7-12/h5-7,9,15,17H,4,8H2,1-3H3. The van der Waals surface area contributed by atoms with Gasteiger partial charge in [0.05, 0.1) is 10.7 Å². The van der Waals surface area contributed by atoms with Gasteiger partial charge in [-0.2, -0.15) is 0 Å². The zero-order valence-electron chi connectivity index (χ0n) is 11.5. The Hall–Kier alpha value is -1.26. The van der Waals surface area contributed by atoms with Crippen LogP contribution in [-0.4, -0.2) is 11.5 Å². The van der Waals surface area contributed by atoms with Gasteiger partial charge in [-0.25, -0.2) is 9.37 Å². The van der Waals surface area contributed by atoms with Crippen LogP contribution in [0.4, 0.5) is 4.39 Å². The average Bonchev–Trinajstić information content (AvgIpc) is 2.78. The molecule has 1 heterocycles. The largest absolute Gasteiger partial charge is 0.310 e. The van der Waals surface area contributed by atoms with Crippen molar-refractivity contribution in [1.82, 2.24) is 10.3 Å². The third-order valence-electron chi connectivity index (χ3n) is 3.13. The summed E-state index contributed by atoms with van der Waals surface area (Å²) in [6, 6.07) is 5.57. The lowest BCUT2D eigenvalue weighted by molar-refractivity contribution is 0.537. The Bertz CT molecular complexity index is 551. The van der Waals surface area contributed by atoms with Crippen LogP contribution in [0, 0.1) is 19.7 Å². The minimum absolute atomic E-state index is 0.113. The third-order valence-corrected chi connectivity index (χ3v) is 3.95. The van der Waals surface area contributed by atoms with E-state index < -0.39 is 0 Å². The fraction of sp³-hybridized carbons (Fsp3) is 0.400. The molecule has 1 atom stereocenters. The van der Waals surface area contributed by atoms with Gasteiger partial charge in [-0.1, -0.05) is 19.1 Å². The average molecular weight is 278 g/mol. The lowest BCUT2D eigenvalue weighted by Crippen LogP contribution is -2.23. The van der Waals surface area contributed by atoms with Gasteiger partial charge in [0.15, 0.2) is 0 Å². The van der Waals surface area contributed by atoms with E-state index in [9.17, 15) is 4.39 Å². The molecule has 1 unspecified atom stereocenters. The second kappa shape index (κ2) is 6.26. The van der Waals surface area contributed by atoms with E-state index >= 15 is 0 Å². The van der Waals surface area contributed by atoms with Gasteiger partial charge in [-0.3, -0.25) is 0 Å². The molecule has 0 bridgehead atoms. The summed E-state index contributed by atoms with van der Waals surface area (Å²) in [4.78, 5) is 4.48. The van der Waals surface area contributed by atoms with Crippen molar-refractivity contribution in [2.45, 2.75) is 33.2 Å². The van der Waals surface area contributed by atoms with Crippen LogP contribution in [0.25, 0.3) is 0 Å². The molecular weight excluding hydrogens is 259 g/mol. The lowest BCUT2D eigenvalue weighted by atomic mass is 10.0. The van der Waals surface area contributed by atoms with Crippen molar-refractivity contribution in [3.8, 4) is 0 Å². The van der Waals surface area contributed by atoms with Crippen molar-refractivity contribution in [3.63, 3.8) is 0 Å². The first-order chi connectivity index (χ1) is 9.10. The van der Waals surface area contributed by atoms with Crippen molar-refractivity contribution in [3.05, 3.63) is 51.2 Å². The molecule has 19 heavy (non-hydrogen) atoms. The molecule has 0 radical (unpaired) electrons. The Labute approximate surface area is 117 Å². The molecule has 2 aromatic rings. The summed E-state index contributed by atoms with van der Waals surface area (Å²) < 4.78 is 13.7. The topological polar surface area (TPSA) is 24.9 Å². The lowest BCUT2D eigenvalue weighted by Gasteiger charge is -2.18. The van der Waals surface area contributed by atoms with Crippen LogP contribution in [0.3, 0.4) is 0 Å². The summed E-state index contributed by atoms with van der Waals surface area (Å²) in [6.07, 6.45) is 0.792. The highest BCUT2D eigenvalue weighted by Crippen LogP contribution is 2.21. The Kier molecular flexibility index (Phi) is 4.66. The van der Waals surface area contributed by atoms with Crippen LogP contribution in [-0.2, 0) is 6.42 Å². The number of hydrogen-bond acceptors (Lipinski definition) is 3. The van der Waals surface area contributed by atoms with E-state index in [2.05, 4.69) is 22.6 Å². The molecule has 4 heteroatoms. The van der Waals surface area contributed by atoms with E-state index in [1.165, 1.54) is 0 Å². The normalized spacial score (nSPS) is 12.6. The highest BCUT2D eigenvalue weighted by Gasteiger charge is 2.14. The van der Waals surface area contributed by atoms with E-state index in [0.29, 0.717) is 5.56 Å². The van der Waals surface area contributed by atoms with Crippen LogP contribution < -0.4 is 5.32 Å². The van der Waals surface area contributed by atoms with Crippen molar-refractivity contribution in [1.29, 1.82) is 0 Å². The van der Waals surface area contributed by atoms with E-state index in [1.54, 1.807) is 24.3 Å². The molecule has 2 rings (SSSR count). The maximum absolute atomic E-state index is 13.7. The molecule has 1 aromatic heterocycles. The van der Waals surface area contributed by atoms with Gasteiger partial charge in [-0.05, 0) is 37.6 Å². The number of nitrogens with one attached hydrogen (secondary N) is 1. The number of nitrogens with zero attached hydrogens (tertiary/aromatic N) is 1. The molecule has 0 aliphatic carbocycles. The molecule has 0 fully saturated rings. The first kappa shape index (κ1) is 14.2. The van der Waals surface area contributed by atoms with Gasteiger partial charge in [0.25, 0.3) is 0 Å². The molecular formula is C15H19FN2S. The number of hydrogen-bond donors (Lipinski definition) is 1. The smallest absolute Gasteiger partial charge is 0.126 e. The van der Waals surface area contributed by atoms with Gasteiger partial charge >= 0.3 is 0 Å². The molecule has 0 spiro atoms. The van der Waals surface area contributed by atoms with Crippen LogP contribution in [0.15, 0.2) is 23.6 Å². The summed E-state index contributed by atoms with van der Waals surface area (Å²) in [5.74, 6) is -0.144. The predicted octanol–water partition coefficient (Wildman–Crippen LogP) is 3.79. The van der Waals surface area contributed by atoms with E-state index in [1.807, 2.05) is 19.1 Å². The van der Waals surface area contributed by atoms with Crippen molar-refractivity contribution >= 4 is 11.3 Å². The Morgan fingerprint density at radius 2 is 2.16 bits per heavy atom. The number of aromatic nitrogens is 1. The molecule has 1 N–H and O–H groups in total. The molecule has 0 aliphatic heterocycles. The summed E-state index contributed by atoms with van der Waals surface area (Å²) in [7, 11) is 0. The van der Waals surface area contributed by atoms with Gasteiger partial charge < -0.3 is 5.32 Å². The van der Waals surface area contributed by atoms with Gasteiger partial charge in [0.2, 0.25) is 0 Å². The number of thiazole rings is 1. The predicted molar refractivity (Wildman–Crippen MR) is 78.1 cm³/mol. The fourth-order valence-electron chi connectivity index (χ4n) is 2.09. The summed E-state index contributed by atoms with van der Waals surface area (Å²) in [5, 5.41) is 6.54.